The SMILES string of the molecule is O=C(c1ccc(F)cc1)[N+]1(C2CCNC2)CCCC1. The molecule has 0 spiro atoms. The first kappa shape index (κ1) is 12.8. The highest BCUT2D eigenvalue weighted by atomic mass is 19.1. The molecule has 2 fully saturated rings. The maximum atomic E-state index is 13.0. The Bertz CT molecular complexity index is 460. The molecule has 2 heterocycles. The van der Waals surface area contributed by atoms with Gasteiger partial charge in [0.15, 0.2) is 0 Å². The normalized spacial score (nSPS) is 25.6. The van der Waals surface area contributed by atoms with E-state index in [4.69, 9.17) is 0 Å². The van der Waals surface area contributed by atoms with E-state index in [0.717, 1.165) is 45.4 Å². The smallest absolute Gasteiger partial charge is 0.311 e. The molecule has 0 radical (unpaired) electrons. The van der Waals surface area contributed by atoms with E-state index in [-0.39, 0.29) is 11.7 Å². The summed E-state index contributed by atoms with van der Waals surface area (Å²) in [5, 5.41) is 3.36. The van der Waals surface area contributed by atoms with E-state index >= 15 is 0 Å². The first-order valence-electron chi connectivity index (χ1n) is 7.10. The van der Waals surface area contributed by atoms with Gasteiger partial charge in [-0.15, -0.1) is 0 Å². The minimum absolute atomic E-state index is 0.172. The third-order valence-corrected chi connectivity index (χ3v) is 4.59. The summed E-state index contributed by atoms with van der Waals surface area (Å²) in [5.41, 5.74) is 0.648. The Morgan fingerprint density at radius 3 is 2.47 bits per heavy atom. The number of amides is 1. The van der Waals surface area contributed by atoms with Gasteiger partial charge < -0.3 is 5.32 Å². The van der Waals surface area contributed by atoms with Gasteiger partial charge in [-0.1, -0.05) is 0 Å². The predicted octanol–water partition coefficient (Wildman–Crippen LogP) is 1.94. The van der Waals surface area contributed by atoms with Crippen LogP contribution in [0.1, 0.15) is 29.6 Å². The Balaban J connectivity index is 1.91. The average Bonchev–Trinajstić information content (AvgIpc) is 3.10. The van der Waals surface area contributed by atoms with Crippen LogP contribution < -0.4 is 5.32 Å². The molecule has 3 nitrogen and oxygen atoms in total. The Kier molecular flexibility index (Phi) is 3.37. The van der Waals surface area contributed by atoms with Gasteiger partial charge in [0.05, 0.1) is 18.7 Å². The summed E-state index contributed by atoms with van der Waals surface area (Å²) in [7, 11) is 0. The number of rotatable bonds is 2. The zero-order valence-electron chi connectivity index (χ0n) is 11.1. The molecule has 102 valence electrons. The highest BCUT2D eigenvalue weighted by Gasteiger charge is 2.47. The molecule has 1 N–H and O–H groups in total. The number of likely N-dealkylation sites (tertiary alicyclic amines) is 1. The minimum atomic E-state index is -0.285. The molecule has 2 saturated heterocycles. The van der Waals surface area contributed by atoms with Crippen molar-refractivity contribution in [2.24, 2.45) is 0 Å². The standard InChI is InChI=1S/C15H20FN2O/c16-13-5-3-12(4-6-13)15(19)18(9-1-2-10-18)14-7-8-17-11-14/h3-6,14,17H,1-2,7-11H2/q+1. The van der Waals surface area contributed by atoms with Crippen molar-refractivity contribution in [1.82, 2.24) is 5.32 Å². The number of halogens is 1. The van der Waals surface area contributed by atoms with Gasteiger partial charge >= 0.3 is 5.91 Å². The Labute approximate surface area is 113 Å². The van der Waals surface area contributed by atoms with E-state index in [0.29, 0.717) is 16.1 Å². The number of benzene rings is 1. The average molecular weight is 263 g/mol. The molecule has 0 bridgehead atoms. The molecule has 2 aliphatic rings. The number of carbonyl (C=O) groups excluding carboxylic acids is 1. The molecule has 3 rings (SSSR count). The molecule has 1 unspecified atom stereocenters. The van der Waals surface area contributed by atoms with E-state index in [1.54, 1.807) is 12.1 Å². The van der Waals surface area contributed by atoms with Crippen molar-refractivity contribution in [1.29, 1.82) is 0 Å². The van der Waals surface area contributed by atoms with Crippen molar-refractivity contribution in [2.45, 2.75) is 25.3 Å². The monoisotopic (exact) mass is 263 g/mol. The number of hydrogen-bond acceptors (Lipinski definition) is 2. The third-order valence-electron chi connectivity index (χ3n) is 4.59. The molecule has 1 amide bonds. The lowest BCUT2D eigenvalue weighted by molar-refractivity contribution is -0.860. The van der Waals surface area contributed by atoms with Crippen molar-refractivity contribution in [2.75, 3.05) is 26.2 Å². The van der Waals surface area contributed by atoms with E-state index in [1.807, 2.05) is 0 Å². The predicted molar refractivity (Wildman–Crippen MR) is 71.2 cm³/mol. The van der Waals surface area contributed by atoms with Crippen molar-refractivity contribution in [3.63, 3.8) is 0 Å². The summed E-state index contributed by atoms with van der Waals surface area (Å²) in [6.45, 7) is 3.79. The lowest BCUT2D eigenvalue weighted by Crippen LogP contribution is -2.58. The molecule has 1 atom stereocenters. The van der Waals surface area contributed by atoms with Crippen LogP contribution in [-0.4, -0.2) is 42.6 Å². The number of nitrogens with one attached hydrogen (secondary N) is 1. The van der Waals surface area contributed by atoms with Crippen LogP contribution in [0.25, 0.3) is 0 Å². The summed E-state index contributed by atoms with van der Waals surface area (Å²) >= 11 is 0. The van der Waals surface area contributed by atoms with Crippen LogP contribution in [0.4, 0.5) is 4.39 Å². The first-order valence-corrected chi connectivity index (χ1v) is 7.10. The summed E-state index contributed by atoms with van der Waals surface area (Å²) < 4.78 is 13.6. The number of hydrogen-bond donors (Lipinski definition) is 1. The first-order chi connectivity index (χ1) is 9.22. The van der Waals surface area contributed by atoms with Crippen LogP contribution >= 0.6 is 0 Å². The van der Waals surface area contributed by atoms with Gasteiger partial charge in [0.2, 0.25) is 0 Å². The van der Waals surface area contributed by atoms with Crippen LogP contribution in [0.3, 0.4) is 0 Å². The molecule has 4 heteroatoms. The molecule has 1 aromatic rings. The zero-order chi connectivity index (χ0) is 13.3. The van der Waals surface area contributed by atoms with E-state index in [1.165, 1.54) is 12.1 Å². The minimum Gasteiger partial charge on any atom is -0.311 e. The largest absolute Gasteiger partial charge is 0.346 e. The summed E-state index contributed by atoms with van der Waals surface area (Å²) in [4.78, 5) is 12.9. The van der Waals surface area contributed by atoms with E-state index < -0.39 is 0 Å². The van der Waals surface area contributed by atoms with Gasteiger partial charge in [0.25, 0.3) is 0 Å². The van der Waals surface area contributed by atoms with Gasteiger partial charge in [-0.2, -0.15) is 0 Å². The quantitative estimate of drug-likeness (QED) is 0.826. The van der Waals surface area contributed by atoms with Crippen molar-refractivity contribution >= 4 is 5.91 Å². The summed E-state index contributed by atoms with van der Waals surface area (Å²) in [6.07, 6.45) is 3.29. The summed E-state index contributed by atoms with van der Waals surface area (Å²) in [5.74, 6) is -0.113. The Hall–Kier alpha value is -1.26. The Morgan fingerprint density at radius 1 is 1.21 bits per heavy atom. The fraction of sp³-hybridized carbons (Fsp3) is 0.533. The van der Waals surface area contributed by atoms with Crippen LogP contribution in [0.15, 0.2) is 24.3 Å². The second-order valence-electron chi connectivity index (χ2n) is 5.65. The highest BCUT2D eigenvalue weighted by molar-refractivity contribution is 5.89. The number of carbonyl (C=O) groups is 1. The van der Waals surface area contributed by atoms with E-state index in [9.17, 15) is 9.18 Å². The highest BCUT2D eigenvalue weighted by Crippen LogP contribution is 2.30. The number of nitrogens with zero attached hydrogens (tertiary/aromatic N) is 1. The van der Waals surface area contributed by atoms with Crippen molar-refractivity contribution < 1.29 is 13.7 Å². The van der Waals surface area contributed by atoms with Gasteiger partial charge in [0.1, 0.15) is 11.9 Å². The van der Waals surface area contributed by atoms with Crippen LogP contribution in [0.5, 0.6) is 0 Å². The van der Waals surface area contributed by atoms with Crippen LogP contribution in [0.2, 0.25) is 0 Å². The second-order valence-corrected chi connectivity index (χ2v) is 5.65. The second kappa shape index (κ2) is 5.02. The third kappa shape index (κ3) is 2.19. The molecule has 0 aromatic heterocycles. The lowest BCUT2D eigenvalue weighted by atomic mass is 10.1. The lowest BCUT2D eigenvalue weighted by Gasteiger charge is -2.36. The van der Waals surface area contributed by atoms with Gasteiger partial charge in [-0.05, 0) is 24.3 Å². The number of quaternary nitrogens is 1. The van der Waals surface area contributed by atoms with Crippen molar-refractivity contribution in [3.8, 4) is 0 Å². The van der Waals surface area contributed by atoms with Crippen LogP contribution in [-0.2, 0) is 0 Å². The van der Waals surface area contributed by atoms with Gasteiger partial charge in [0, 0.05) is 32.4 Å². The van der Waals surface area contributed by atoms with E-state index in [2.05, 4.69) is 5.32 Å². The molecular weight excluding hydrogens is 243 g/mol. The topological polar surface area (TPSA) is 29.1 Å². The fourth-order valence-electron chi connectivity index (χ4n) is 3.54. The maximum absolute atomic E-state index is 13.0. The van der Waals surface area contributed by atoms with Crippen molar-refractivity contribution in [3.05, 3.63) is 35.6 Å². The molecule has 0 aliphatic carbocycles. The van der Waals surface area contributed by atoms with Gasteiger partial charge in [-0.25, -0.2) is 9.18 Å². The Morgan fingerprint density at radius 2 is 1.89 bits per heavy atom. The van der Waals surface area contributed by atoms with Gasteiger partial charge in [-0.3, -0.25) is 4.48 Å². The molecule has 1 aromatic carbocycles. The zero-order valence-corrected chi connectivity index (χ0v) is 11.1. The maximum Gasteiger partial charge on any atom is 0.346 e. The molecule has 2 aliphatic heterocycles. The molecular formula is C15H20FN2O+. The fourth-order valence-corrected chi connectivity index (χ4v) is 3.54. The molecule has 19 heavy (non-hydrogen) atoms. The molecule has 0 saturated carbocycles. The summed E-state index contributed by atoms with van der Waals surface area (Å²) in [6, 6.07) is 6.40. The van der Waals surface area contributed by atoms with Crippen LogP contribution in [0, 0.1) is 5.82 Å².